The van der Waals surface area contributed by atoms with Crippen LogP contribution in [-0.4, -0.2) is 61.9 Å². The number of hydrogen-bond acceptors (Lipinski definition) is 7. The van der Waals surface area contributed by atoms with Crippen LogP contribution in [0.25, 0.3) is 0 Å². The van der Waals surface area contributed by atoms with Gasteiger partial charge < -0.3 is 24.8 Å². The minimum Gasteiger partial charge on any atom is -0.485 e. The number of likely N-dealkylation sites (tertiary alicyclic amines) is 1. The molecule has 0 unspecified atom stereocenters. The maximum Gasteiger partial charge on any atom is 0.244 e. The fourth-order valence-corrected chi connectivity index (χ4v) is 3.46. The van der Waals surface area contributed by atoms with Gasteiger partial charge in [-0.15, -0.1) is 22.1 Å². The number of hydrazone groups is 1. The van der Waals surface area contributed by atoms with E-state index in [-0.39, 0.29) is 17.0 Å². The van der Waals surface area contributed by atoms with Crippen molar-refractivity contribution in [2.24, 2.45) is 5.10 Å². The average Bonchev–Trinajstić information content (AvgIpc) is 3.08. The Labute approximate surface area is 162 Å². The molecule has 0 atom stereocenters. The number of rotatable bonds is 2. The molecular formula is C16H22BrClN4O3. The molecule has 0 aromatic heterocycles. The summed E-state index contributed by atoms with van der Waals surface area (Å²) in [5.41, 5.74) is 7.08. The molecule has 7 nitrogen and oxygen atoms in total. The van der Waals surface area contributed by atoms with E-state index in [0.717, 1.165) is 25.9 Å². The van der Waals surface area contributed by atoms with Gasteiger partial charge in [0.05, 0.1) is 22.3 Å². The summed E-state index contributed by atoms with van der Waals surface area (Å²) in [5, 5.41) is 7.09. The molecule has 9 heteroatoms. The molecule has 0 bridgehead atoms. The van der Waals surface area contributed by atoms with Gasteiger partial charge in [0.25, 0.3) is 0 Å². The Morgan fingerprint density at radius 3 is 2.56 bits per heavy atom. The lowest BCUT2D eigenvalue weighted by Crippen LogP contribution is -2.40. The third kappa shape index (κ3) is 3.47. The summed E-state index contributed by atoms with van der Waals surface area (Å²) < 4.78 is 17.2. The Kier molecular flexibility index (Phi) is 5.50. The van der Waals surface area contributed by atoms with Crippen LogP contribution in [0.15, 0.2) is 11.2 Å². The topological polar surface area (TPSA) is 72.6 Å². The average molecular weight is 434 g/mol. The lowest BCUT2D eigenvalue weighted by molar-refractivity contribution is 0.0800. The lowest BCUT2D eigenvalue weighted by atomic mass is 10.1. The van der Waals surface area contributed by atoms with Gasteiger partial charge in [0.15, 0.2) is 18.2 Å². The number of nitrogens with two attached hydrogens (primary N) is 1. The smallest absolute Gasteiger partial charge is 0.244 e. The van der Waals surface area contributed by atoms with Crippen LogP contribution in [0.3, 0.4) is 0 Å². The second kappa shape index (κ2) is 7.47. The summed E-state index contributed by atoms with van der Waals surface area (Å²) in [4.78, 5) is 2.33. The summed E-state index contributed by atoms with van der Waals surface area (Å²) in [6, 6.07) is 2.14. The van der Waals surface area contributed by atoms with Crippen molar-refractivity contribution >= 4 is 40.2 Å². The van der Waals surface area contributed by atoms with Gasteiger partial charge in [-0.25, -0.2) is 0 Å². The van der Waals surface area contributed by atoms with Crippen molar-refractivity contribution in [3.8, 4) is 11.5 Å². The predicted molar refractivity (Wildman–Crippen MR) is 102 cm³/mol. The van der Waals surface area contributed by atoms with Crippen LogP contribution in [0.5, 0.6) is 11.5 Å². The summed E-state index contributed by atoms with van der Waals surface area (Å²) in [5.74, 6) is 1.55. The molecule has 2 N–H and O–H groups in total. The van der Waals surface area contributed by atoms with Crippen molar-refractivity contribution in [2.45, 2.75) is 18.9 Å². The van der Waals surface area contributed by atoms with Gasteiger partial charge >= 0.3 is 0 Å². The molecule has 0 spiro atoms. The quantitative estimate of drug-likeness (QED) is 0.722. The van der Waals surface area contributed by atoms with Crippen molar-refractivity contribution in [1.29, 1.82) is 0 Å². The summed E-state index contributed by atoms with van der Waals surface area (Å²) in [6.45, 7) is 3.51. The molecule has 0 aliphatic carbocycles. The fourth-order valence-electron chi connectivity index (χ4n) is 3.27. The molecule has 0 saturated carbocycles. The van der Waals surface area contributed by atoms with E-state index in [2.05, 4.69) is 17.0 Å². The molecule has 138 valence electrons. The van der Waals surface area contributed by atoms with Crippen molar-refractivity contribution < 1.29 is 14.2 Å². The van der Waals surface area contributed by atoms with Gasteiger partial charge in [-0.2, -0.15) is 0 Å². The number of halogens is 2. The van der Waals surface area contributed by atoms with Crippen LogP contribution >= 0.6 is 28.6 Å². The molecule has 3 aliphatic rings. The number of nitrogen functional groups attached to an aromatic ring is 1. The molecule has 1 fully saturated rings. The van der Waals surface area contributed by atoms with Gasteiger partial charge in [-0.05, 0) is 39.0 Å². The van der Waals surface area contributed by atoms with Crippen LogP contribution in [-0.2, 0) is 4.74 Å². The third-order valence-corrected chi connectivity index (χ3v) is 5.01. The van der Waals surface area contributed by atoms with Gasteiger partial charge in [0.1, 0.15) is 13.2 Å². The Morgan fingerprint density at radius 2 is 1.84 bits per heavy atom. The number of fused-ring (bicyclic) bond motifs is 1. The van der Waals surface area contributed by atoms with Crippen LogP contribution in [0, 0.1) is 0 Å². The van der Waals surface area contributed by atoms with Gasteiger partial charge in [0.2, 0.25) is 5.90 Å². The van der Waals surface area contributed by atoms with E-state index in [1.807, 2.05) is 5.01 Å². The van der Waals surface area contributed by atoms with Gasteiger partial charge in [-0.3, -0.25) is 5.01 Å². The number of anilines is 1. The van der Waals surface area contributed by atoms with Crippen LogP contribution in [0.1, 0.15) is 18.4 Å². The second-order valence-corrected chi connectivity index (χ2v) is 6.73. The van der Waals surface area contributed by atoms with E-state index in [1.54, 1.807) is 6.07 Å². The third-order valence-electron chi connectivity index (χ3n) is 4.69. The highest BCUT2D eigenvalue weighted by Gasteiger charge is 2.31. The fraction of sp³-hybridized carbons (Fsp3) is 0.562. The lowest BCUT2D eigenvalue weighted by Gasteiger charge is -2.32. The van der Waals surface area contributed by atoms with Crippen LogP contribution in [0.2, 0.25) is 5.02 Å². The number of nitrogens with zero attached hydrogens (tertiary/aromatic N) is 3. The zero-order valence-electron chi connectivity index (χ0n) is 14.0. The van der Waals surface area contributed by atoms with Gasteiger partial charge in [0, 0.05) is 0 Å². The van der Waals surface area contributed by atoms with E-state index >= 15 is 0 Å². The monoisotopic (exact) mass is 432 g/mol. The Hall–Kier alpha value is -1.38. The summed E-state index contributed by atoms with van der Waals surface area (Å²) in [6.07, 6.45) is 2.16. The predicted octanol–water partition coefficient (Wildman–Crippen LogP) is 2.32. The normalized spacial score (nSPS) is 20.7. The van der Waals surface area contributed by atoms with Crippen molar-refractivity contribution in [3.05, 3.63) is 16.7 Å². The largest absolute Gasteiger partial charge is 0.485 e. The number of benzene rings is 1. The molecule has 25 heavy (non-hydrogen) atoms. The first kappa shape index (κ1) is 18.4. The summed E-state index contributed by atoms with van der Waals surface area (Å²) >= 11 is 6.24. The first-order chi connectivity index (χ1) is 11.6. The first-order valence-corrected chi connectivity index (χ1v) is 8.56. The Morgan fingerprint density at radius 1 is 1.16 bits per heavy atom. The van der Waals surface area contributed by atoms with Crippen molar-refractivity contribution in [2.75, 3.05) is 45.8 Å². The minimum absolute atomic E-state index is 0. The van der Waals surface area contributed by atoms with E-state index < -0.39 is 0 Å². The number of ether oxygens (including phenoxy) is 3. The van der Waals surface area contributed by atoms with E-state index in [9.17, 15) is 0 Å². The van der Waals surface area contributed by atoms with Gasteiger partial charge in [-0.1, -0.05) is 11.6 Å². The molecule has 4 rings (SSSR count). The number of hydrogen-bond donors (Lipinski definition) is 1. The Bertz CT molecular complexity index is 680. The SMILES string of the molecule is Br.CN1CCC(N2COC(c3cc(Cl)c(N)c4c3OCCO4)=N2)CC1. The van der Waals surface area contributed by atoms with Crippen molar-refractivity contribution in [1.82, 2.24) is 9.91 Å². The maximum atomic E-state index is 6.24. The molecule has 3 heterocycles. The minimum atomic E-state index is 0. The van der Waals surface area contributed by atoms with E-state index in [0.29, 0.717) is 59.7 Å². The summed E-state index contributed by atoms with van der Waals surface area (Å²) in [7, 11) is 2.14. The highest BCUT2D eigenvalue weighted by molar-refractivity contribution is 8.93. The highest BCUT2D eigenvalue weighted by atomic mass is 79.9. The highest BCUT2D eigenvalue weighted by Crippen LogP contribution is 2.44. The zero-order valence-corrected chi connectivity index (χ0v) is 16.5. The van der Waals surface area contributed by atoms with E-state index in [1.165, 1.54) is 0 Å². The maximum absolute atomic E-state index is 6.24. The number of piperidine rings is 1. The molecule has 0 amide bonds. The molecule has 1 aromatic carbocycles. The molecule has 3 aliphatic heterocycles. The zero-order chi connectivity index (χ0) is 16.7. The van der Waals surface area contributed by atoms with Crippen LogP contribution < -0.4 is 15.2 Å². The first-order valence-electron chi connectivity index (χ1n) is 8.18. The second-order valence-electron chi connectivity index (χ2n) is 6.33. The van der Waals surface area contributed by atoms with E-state index in [4.69, 9.17) is 31.5 Å². The van der Waals surface area contributed by atoms with Crippen LogP contribution in [0.4, 0.5) is 5.69 Å². The standard InChI is InChI=1S/C16H21ClN4O3.BrH/c1-20-4-2-10(3-5-20)21-9-24-16(19-21)11-8-12(17)13(18)15-14(11)22-6-7-23-15;/h8,10H,2-7,9,18H2,1H3;1H. The molecular weight excluding hydrogens is 412 g/mol. The molecule has 1 saturated heterocycles. The Balaban J connectivity index is 0.00000182. The molecule has 1 aromatic rings. The molecule has 0 radical (unpaired) electrons. The van der Waals surface area contributed by atoms with Crippen molar-refractivity contribution in [3.63, 3.8) is 0 Å².